The molecule has 0 aliphatic carbocycles. The van der Waals surface area contributed by atoms with Crippen LogP contribution in [0, 0.1) is 0 Å². The minimum Gasteiger partial charge on any atom is -0.346 e. The smallest absolute Gasteiger partial charge is 0.264 e. The first-order valence-electron chi connectivity index (χ1n) is 7.13. The highest BCUT2D eigenvalue weighted by molar-refractivity contribution is 7.12. The Morgan fingerprint density at radius 2 is 2.05 bits per heavy atom. The average Bonchev–Trinajstić information content (AvgIpc) is 3.15. The first-order valence-corrected chi connectivity index (χ1v) is 8.01. The lowest BCUT2D eigenvalue weighted by Crippen LogP contribution is -2.36. The average molecular weight is 296 g/mol. The van der Waals surface area contributed by atoms with Gasteiger partial charge in [-0.2, -0.15) is 0 Å². The van der Waals surface area contributed by atoms with Crippen molar-refractivity contribution in [3.63, 3.8) is 0 Å². The van der Waals surface area contributed by atoms with Crippen LogP contribution >= 0.6 is 11.3 Å². The van der Waals surface area contributed by atoms with Gasteiger partial charge in [0.15, 0.2) is 0 Å². The van der Waals surface area contributed by atoms with Crippen LogP contribution in [-0.2, 0) is 20.0 Å². The fourth-order valence-electron chi connectivity index (χ4n) is 3.24. The van der Waals surface area contributed by atoms with Crippen LogP contribution in [0.4, 0.5) is 0 Å². The molecule has 0 saturated heterocycles. The number of para-hydroxylation sites is 1. The molecule has 3 aromatic rings. The highest BCUT2D eigenvalue weighted by atomic mass is 32.1. The SMILES string of the molecule is Cn1c2c(c3ccccc31)CCN(C(=O)c1cccs1)C2. The van der Waals surface area contributed by atoms with Gasteiger partial charge in [0, 0.05) is 30.2 Å². The number of nitrogens with zero attached hydrogens (tertiary/aromatic N) is 2. The lowest BCUT2D eigenvalue weighted by Gasteiger charge is -2.27. The number of fused-ring (bicyclic) bond motifs is 3. The maximum Gasteiger partial charge on any atom is 0.264 e. The molecule has 1 aliphatic rings. The van der Waals surface area contributed by atoms with Gasteiger partial charge in [0.1, 0.15) is 0 Å². The minimum absolute atomic E-state index is 0.154. The summed E-state index contributed by atoms with van der Waals surface area (Å²) in [5, 5.41) is 3.29. The van der Waals surface area contributed by atoms with Crippen LogP contribution in [0.2, 0.25) is 0 Å². The summed E-state index contributed by atoms with van der Waals surface area (Å²) in [5.74, 6) is 0.154. The van der Waals surface area contributed by atoms with E-state index in [-0.39, 0.29) is 5.91 Å². The van der Waals surface area contributed by atoms with Crippen molar-refractivity contribution >= 4 is 28.1 Å². The molecule has 21 heavy (non-hydrogen) atoms. The standard InChI is InChI=1S/C17H16N2OS/c1-18-14-6-3-2-5-12(14)13-8-9-19(11-15(13)18)17(20)16-7-4-10-21-16/h2-7,10H,8-9,11H2,1H3. The lowest BCUT2D eigenvalue weighted by molar-refractivity contribution is 0.0736. The largest absolute Gasteiger partial charge is 0.346 e. The molecule has 1 aliphatic heterocycles. The van der Waals surface area contributed by atoms with Crippen LogP contribution in [0.1, 0.15) is 20.9 Å². The maximum atomic E-state index is 12.5. The van der Waals surface area contributed by atoms with Gasteiger partial charge in [-0.3, -0.25) is 4.79 Å². The number of amides is 1. The zero-order valence-corrected chi connectivity index (χ0v) is 12.7. The molecule has 0 spiro atoms. The van der Waals surface area contributed by atoms with Crippen molar-refractivity contribution in [1.29, 1.82) is 0 Å². The normalized spacial score (nSPS) is 14.4. The number of aromatic nitrogens is 1. The van der Waals surface area contributed by atoms with Crippen molar-refractivity contribution in [2.45, 2.75) is 13.0 Å². The number of rotatable bonds is 1. The van der Waals surface area contributed by atoms with Crippen molar-refractivity contribution < 1.29 is 4.79 Å². The van der Waals surface area contributed by atoms with Crippen LogP contribution in [0.15, 0.2) is 41.8 Å². The Kier molecular flexibility index (Phi) is 2.86. The highest BCUT2D eigenvalue weighted by Crippen LogP contribution is 2.30. The molecule has 0 atom stereocenters. The van der Waals surface area contributed by atoms with E-state index in [2.05, 4.69) is 35.9 Å². The predicted octanol–water partition coefficient (Wildman–Crippen LogP) is 3.44. The Morgan fingerprint density at radius 3 is 2.86 bits per heavy atom. The van der Waals surface area contributed by atoms with Gasteiger partial charge in [0.05, 0.1) is 11.4 Å². The zero-order chi connectivity index (χ0) is 14.4. The molecule has 106 valence electrons. The number of hydrogen-bond acceptors (Lipinski definition) is 2. The number of carbonyl (C=O) groups excluding carboxylic acids is 1. The zero-order valence-electron chi connectivity index (χ0n) is 11.9. The number of benzene rings is 1. The van der Waals surface area contributed by atoms with E-state index in [0.717, 1.165) is 17.8 Å². The Labute approximate surface area is 127 Å². The van der Waals surface area contributed by atoms with Crippen LogP contribution in [0.3, 0.4) is 0 Å². The molecule has 0 radical (unpaired) electrons. The second kappa shape index (κ2) is 4.74. The number of aryl methyl sites for hydroxylation is 1. The number of hydrogen-bond donors (Lipinski definition) is 0. The van der Waals surface area contributed by atoms with Crippen molar-refractivity contribution in [2.24, 2.45) is 7.05 Å². The van der Waals surface area contributed by atoms with Gasteiger partial charge < -0.3 is 9.47 Å². The van der Waals surface area contributed by atoms with Crippen molar-refractivity contribution in [3.05, 3.63) is 57.9 Å². The van der Waals surface area contributed by atoms with Gasteiger partial charge in [0.25, 0.3) is 5.91 Å². The van der Waals surface area contributed by atoms with Gasteiger partial charge >= 0.3 is 0 Å². The van der Waals surface area contributed by atoms with Crippen LogP contribution in [0.25, 0.3) is 10.9 Å². The molecule has 0 N–H and O–H groups in total. The summed E-state index contributed by atoms with van der Waals surface area (Å²) in [4.78, 5) is 15.3. The predicted molar refractivity (Wildman–Crippen MR) is 85.7 cm³/mol. The van der Waals surface area contributed by atoms with E-state index in [1.807, 2.05) is 22.4 Å². The van der Waals surface area contributed by atoms with E-state index in [4.69, 9.17) is 0 Å². The minimum atomic E-state index is 0.154. The number of carbonyl (C=O) groups is 1. The van der Waals surface area contributed by atoms with Gasteiger partial charge in [-0.25, -0.2) is 0 Å². The van der Waals surface area contributed by atoms with E-state index in [9.17, 15) is 4.79 Å². The summed E-state index contributed by atoms with van der Waals surface area (Å²) in [7, 11) is 2.10. The summed E-state index contributed by atoms with van der Waals surface area (Å²) in [6.45, 7) is 1.51. The third-order valence-electron chi connectivity index (χ3n) is 4.34. The first kappa shape index (κ1) is 12.7. The second-order valence-electron chi connectivity index (χ2n) is 5.46. The van der Waals surface area contributed by atoms with Crippen LogP contribution in [0.5, 0.6) is 0 Å². The molecule has 3 nitrogen and oxygen atoms in total. The monoisotopic (exact) mass is 296 g/mol. The molecule has 0 fully saturated rings. The topological polar surface area (TPSA) is 25.2 Å². The maximum absolute atomic E-state index is 12.5. The van der Waals surface area contributed by atoms with Gasteiger partial charge in [-0.1, -0.05) is 24.3 Å². The molecule has 4 heteroatoms. The molecule has 4 rings (SSSR count). The summed E-state index contributed by atoms with van der Waals surface area (Å²) in [6, 6.07) is 12.3. The Balaban J connectivity index is 1.74. The van der Waals surface area contributed by atoms with Crippen LogP contribution < -0.4 is 0 Å². The van der Waals surface area contributed by atoms with E-state index >= 15 is 0 Å². The molecular formula is C17H16N2OS. The molecule has 1 aromatic carbocycles. The molecular weight excluding hydrogens is 280 g/mol. The summed E-state index contributed by atoms with van der Waals surface area (Å²) in [5.41, 5.74) is 3.93. The van der Waals surface area contributed by atoms with Crippen molar-refractivity contribution in [1.82, 2.24) is 9.47 Å². The molecule has 0 saturated carbocycles. The molecule has 1 amide bonds. The van der Waals surface area contributed by atoms with E-state index in [0.29, 0.717) is 6.54 Å². The van der Waals surface area contributed by atoms with Crippen LogP contribution in [-0.4, -0.2) is 21.9 Å². The summed E-state index contributed by atoms with van der Waals surface area (Å²) < 4.78 is 2.23. The van der Waals surface area contributed by atoms with Crippen molar-refractivity contribution in [3.8, 4) is 0 Å². The Morgan fingerprint density at radius 1 is 1.19 bits per heavy atom. The van der Waals surface area contributed by atoms with E-state index < -0.39 is 0 Å². The summed E-state index contributed by atoms with van der Waals surface area (Å²) >= 11 is 1.52. The Hall–Kier alpha value is -2.07. The fraction of sp³-hybridized carbons (Fsp3) is 0.235. The fourth-order valence-corrected chi connectivity index (χ4v) is 3.93. The molecule has 0 bridgehead atoms. The Bertz CT molecular complexity index is 817. The lowest BCUT2D eigenvalue weighted by atomic mass is 10.0. The van der Waals surface area contributed by atoms with E-state index in [1.54, 1.807) is 0 Å². The molecule has 3 heterocycles. The van der Waals surface area contributed by atoms with Crippen molar-refractivity contribution in [2.75, 3.05) is 6.54 Å². The van der Waals surface area contributed by atoms with Gasteiger partial charge in [0.2, 0.25) is 0 Å². The number of thiophene rings is 1. The molecule has 2 aromatic heterocycles. The van der Waals surface area contributed by atoms with Gasteiger partial charge in [-0.05, 0) is 29.5 Å². The van der Waals surface area contributed by atoms with E-state index in [1.165, 1.54) is 33.5 Å². The first-order chi connectivity index (χ1) is 10.3. The molecule has 0 unspecified atom stereocenters. The quantitative estimate of drug-likeness (QED) is 0.675. The van der Waals surface area contributed by atoms with Gasteiger partial charge in [-0.15, -0.1) is 11.3 Å². The highest BCUT2D eigenvalue weighted by Gasteiger charge is 2.26. The third kappa shape index (κ3) is 1.90. The summed E-state index contributed by atoms with van der Waals surface area (Å²) in [6.07, 6.45) is 0.938. The second-order valence-corrected chi connectivity index (χ2v) is 6.40. The third-order valence-corrected chi connectivity index (χ3v) is 5.19.